The van der Waals surface area contributed by atoms with Crippen LogP contribution in [0.4, 0.5) is 21.3 Å². The van der Waals surface area contributed by atoms with E-state index in [2.05, 4.69) is 20.9 Å². The predicted molar refractivity (Wildman–Crippen MR) is 119 cm³/mol. The number of carbonyl (C=O) groups excluding carboxylic acids is 2. The number of benzene rings is 2. The third-order valence-electron chi connectivity index (χ3n) is 4.53. The summed E-state index contributed by atoms with van der Waals surface area (Å²) in [6.45, 7) is 9.64. The fourth-order valence-corrected chi connectivity index (χ4v) is 4.03. The standard InChI is InChI=1S/C22H24N4O2S/c1-12-10-14(3)18(15(4)11-12)25-20(27)19-16(5)23-22(29-19)26-21(28)24-17-9-7-6-8-13(17)2/h6-11H,1-5H3,(H,25,27)(H2,23,24,26,28). The summed E-state index contributed by atoms with van der Waals surface area (Å²) in [6.07, 6.45) is 0. The number of nitrogens with zero attached hydrogens (tertiary/aromatic N) is 1. The lowest BCUT2D eigenvalue weighted by Gasteiger charge is -2.12. The van der Waals surface area contributed by atoms with Gasteiger partial charge in [-0.3, -0.25) is 10.1 Å². The second-order valence-corrected chi connectivity index (χ2v) is 8.05. The van der Waals surface area contributed by atoms with Crippen LogP contribution in [0.3, 0.4) is 0 Å². The number of hydrogen-bond acceptors (Lipinski definition) is 4. The van der Waals surface area contributed by atoms with Crippen LogP contribution in [-0.4, -0.2) is 16.9 Å². The summed E-state index contributed by atoms with van der Waals surface area (Å²) in [6, 6.07) is 11.2. The number of anilines is 3. The van der Waals surface area contributed by atoms with Gasteiger partial charge in [0.25, 0.3) is 5.91 Å². The van der Waals surface area contributed by atoms with Crippen molar-refractivity contribution < 1.29 is 9.59 Å². The molecule has 0 radical (unpaired) electrons. The van der Waals surface area contributed by atoms with Crippen molar-refractivity contribution in [3.63, 3.8) is 0 Å². The van der Waals surface area contributed by atoms with Gasteiger partial charge in [0.2, 0.25) is 0 Å². The monoisotopic (exact) mass is 408 g/mol. The Morgan fingerprint density at radius 3 is 2.17 bits per heavy atom. The molecule has 7 heteroatoms. The lowest BCUT2D eigenvalue weighted by atomic mass is 10.1. The smallest absolute Gasteiger partial charge is 0.321 e. The number of rotatable bonds is 4. The second kappa shape index (κ2) is 8.45. The first-order chi connectivity index (χ1) is 13.7. The van der Waals surface area contributed by atoms with E-state index in [1.54, 1.807) is 6.92 Å². The molecule has 0 saturated heterocycles. The third-order valence-corrected chi connectivity index (χ3v) is 5.60. The van der Waals surface area contributed by atoms with Gasteiger partial charge in [-0.25, -0.2) is 9.78 Å². The largest absolute Gasteiger partial charge is 0.325 e. The van der Waals surface area contributed by atoms with E-state index in [1.165, 1.54) is 0 Å². The Labute approximate surface area is 174 Å². The van der Waals surface area contributed by atoms with Crippen molar-refractivity contribution in [1.29, 1.82) is 0 Å². The van der Waals surface area contributed by atoms with E-state index < -0.39 is 6.03 Å². The minimum atomic E-state index is -0.398. The van der Waals surface area contributed by atoms with Crippen LogP contribution in [-0.2, 0) is 0 Å². The molecule has 3 amide bonds. The maximum atomic E-state index is 12.8. The van der Waals surface area contributed by atoms with Crippen LogP contribution in [0.2, 0.25) is 0 Å². The molecular formula is C22H24N4O2S. The van der Waals surface area contributed by atoms with Gasteiger partial charge in [-0.2, -0.15) is 0 Å². The zero-order valence-corrected chi connectivity index (χ0v) is 18.0. The highest BCUT2D eigenvalue weighted by Gasteiger charge is 2.18. The molecule has 29 heavy (non-hydrogen) atoms. The highest BCUT2D eigenvalue weighted by atomic mass is 32.1. The Balaban J connectivity index is 1.72. The van der Waals surface area contributed by atoms with Crippen LogP contribution in [0.5, 0.6) is 0 Å². The van der Waals surface area contributed by atoms with Gasteiger partial charge in [-0.15, -0.1) is 0 Å². The topological polar surface area (TPSA) is 83.1 Å². The maximum Gasteiger partial charge on any atom is 0.325 e. The first kappa shape index (κ1) is 20.5. The lowest BCUT2D eigenvalue weighted by Crippen LogP contribution is -2.19. The number of aryl methyl sites for hydroxylation is 5. The molecule has 0 aliphatic carbocycles. The van der Waals surface area contributed by atoms with Gasteiger partial charge in [0.15, 0.2) is 5.13 Å². The molecule has 3 N–H and O–H groups in total. The van der Waals surface area contributed by atoms with Gasteiger partial charge in [-0.1, -0.05) is 47.2 Å². The lowest BCUT2D eigenvalue weighted by molar-refractivity contribution is 0.102. The first-order valence-electron chi connectivity index (χ1n) is 9.25. The average molecular weight is 409 g/mol. The van der Waals surface area contributed by atoms with E-state index in [0.717, 1.165) is 45.0 Å². The number of thiazole rings is 1. The number of aromatic nitrogens is 1. The fraction of sp³-hybridized carbons (Fsp3) is 0.227. The molecule has 0 spiro atoms. The van der Waals surface area contributed by atoms with Crippen LogP contribution in [0.25, 0.3) is 0 Å². The van der Waals surface area contributed by atoms with Gasteiger partial charge >= 0.3 is 6.03 Å². The number of hydrogen-bond donors (Lipinski definition) is 3. The third kappa shape index (κ3) is 4.81. The Kier molecular flexibility index (Phi) is 5.98. The molecule has 0 fully saturated rings. The van der Waals surface area contributed by atoms with E-state index in [4.69, 9.17) is 0 Å². The Morgan fingerprint density at radius 2 is 1.52 bits per heavy atom. The summed E-state index contributed by atoms with van der Waals surface area (Å²) >= 11 is 1.15. The van der Waals surface area contributed by atoms with Gasteiger partial charge < -0.3 is 10.6 Å². The molecule has 3 rings (SSSR count). The molecule has 0 atom stereocenters. The average Bonchev–Trinajstić information content (AvgIpc) is 3.00. The molecule has 1 aromatic heterocycles. The Morgan fingerprint density at radius 1 is 0.862 bits per heavy atom. The summed E-state index contributed by atoms with van der Waals surface area (Å²) < 4.78 is 0. The molecule has 0 unspecified atom stereocenters. The number of nitrogens with one attached hydrogen (secondary N) is 3. The van der Waals surface area contributed by atoms with E-state index in [9.17, 15) is 9.59 Å². The van der Waals surface area contributed by atoms with Crippen molar-refractivity contribution >= 4 is 39.8 Å². The normalized spacial score (nSPS) is 10.5. The molecule has 2 aromatic carbocycles. The predicted octanol–water partition coefficient (Wildman–Crippen LogP) is 5.58. The summed E-state index contributed by atoms with van der Waals surface area (Å²) in [7, 11) is 0. The second-order valence-electron chi connectivity index (χ2n) is 7.06. The molecule has 3 aromatic rings. The van der Waals surface area contributed by atoms with E-state index >= 15 is 0 Å². The maximum absolute atomic E-state index is 12.8. The van der Waals surface area contributed by atoms with E-state index in [0.29, 0.717) is 15.7 Å². The van der Waals surface area contributed by atoms with Crippen LogP contribution < -0.4 is 16.0 Å². The van der Waals surface area contributed by atoms with Crippen LogP contribution in [0.1, 0.15) is 37.6 Å². The van der Waals surface area contributed by atoms with Gasteiger partial charge in [-0.05, 0) is 57.4 Å². The van der Waals surface area contributed by atoms with Crippen molar-refractivity contribution in [2.24, 2.45) is 0 Å². The van der Waals surface area contributed by atoms with Gasteiger partial charge in [0, 0.05) is 11.4 Å². The molecule has 6 nitrogen and oxygen atoms in total. The summed E-state index contributed by atoms with van der Waals surface area (Å²) in [5, 5.41) is 8.85. The van der Waals surface area contributed by atoms with Crippen molar-refractivity contribution in [1.82, 2.24) is 4.98 Å². The molecule has 1 heterocycles. The van der Waals surface area contributed by atoms with E-state index in [-0.39, 0.29) is 5.91 Å². The highest BCUT2D eigenvalue weighted by molar-refractivity contribution is 7.17. The molecule has 0 aliphatic heterocycles. The Hall–Kier alpha value is -3.19. The van der Waals surface area contributed by atoms with Crippen molar-refractivity contribution in [3.05, 3.63) is 69.2 Å². The zero-order valence-electron chi connectivity index (χ0n) is 17.1. The molecule has 0 saturated carbocycles. The number of carbonyl (C=O) groups is 2. The van der Waals surface area contributed by atoms with Gasteiger partial charge in [0.1, 0.15) is 4.88 Å². The summed E-state index contributed by atoms with van der Waals surface area (Å²) in [5.74, 6) is -0.234. The summed E-state index contributed by atoms with van der Waals surface area (Å²) in [4.78, 5) is 29.9. The van der Waals surface area contributed by atoms with Crippen molar-refractivity contribution in [2.45, 2.75) is 34.6 Å². The SMILES string of the molecule is Cc1cc(C)c(NC(=O)c2sc(NC(=O)Nc3ccccc3C)nc2C)c(C)c1. The van der Waals surface area contributed by atoms with Gasteiger partial charge in [0.05, 0.1) is 5.69 Å². The minimum absolute atomic E-state index is 0.234. The fourth-order valence-electron chi connectivity index (χ4n) is 3.17. The quantitative estimate of drug-likeness (QED) is 0.527. The molecule has 0 bridgehead atoms. The van der Waals surface area contributed by atoms with Crippen molar-refractivity contribution in [2.75, 3.05) is 16.0 Å². The number of urea groups is 1. The van der Waals surface area contributed by atoms with Crippen LogP contribution >= 0.6 is 11.3 Å². The zero-order chi connectivity index (χ0) is 21.1. The Bertz CT molecular complexity index is 1070. The van der Waals surface area contributed by atoms with Crippen molar-refractivity contribution in [3.8, 4) is 0 Å². The highest BCUT2D eigenvalue weighted by Crippen LogP contribution is 2.27. The minimum Gasteiger partial charge on any atom is -0.321 e. The number of para-hydroxylation sites is 1. The van der Waals surface area contributed by atoms with E-state index in [1.807, 2.05) is 64.1 Å². The van der Waals surface area contributed by atoms with Crippen LogP contribution in [0.15, 0.2) is 36.4 Å². The van der Waals surface area contributed by atoms with Crippen LogP contribution in [0, 0.1) is 34.6 Å². The molecule has 150 valence electrons. The molecular weight excluding hydrogens is 384 g/mol. The first-order valence-corrected chi connectivity index (χ1v) is 10.1. The number of amides is 3. The molecule has 0 aliphatic rings. The summed E-state index contributed by atoms with van der Waals surface area (Å²) in [5.41, 5.74) is 6.23.